The normalized spacial score (nSPS) is 11.3. The highest BCUT2D eigenvalue weighted by Crippen LogP contribution is 2.37. The van der Waals surface area contributed by atoms with Crippen molar-refractivity contribution in [3.63, 3.8) is 0 Å². The highest BCUT2D eigenvalue weighted by atomic mass is 14.9. The Morgan fingerprint density at radius 3 is 1.48 bits per heavy atom. The van der Waals surface area contributed by atoms with Gasteiger partial charge >= 0.3 is 0 Å². The van der Waals surface area contributed by atoms with Gasteiger partial charge in [-0.25, -0.2) is 9.97 Å². The number of nitrogens with zero attached hydrogens (tertiary/aromatic N) is 2. The maximum atomic E-state index is 5.24. The van der Waals surface area contributed by atoms with Gasteiger partial charge in [0.05, 0.1) is 11.2 Å². The maximum Gasteiger partial charge on any atom is 0.160 e. The van der Waals surface area contributed by atoms with E-state index in [-0.39, 0.29) is 0 Å². The molecule has 8 aromatic carbocycles. The third-order valence-electron chi connectivity index (χ3n) is 9.23. The molecule has 0 aliphatic carbocycles. The van der Waals surface area contributed by atoms with Crippen LogP contribution < -0.4 is 0 Å². The van der Waals surface area contributed by atoms with E-state index in [0.29, 0.717) is 0 Å². The highest BCUT2D eigenvalue weighted by molar-refractivity contribution is 6.12. The molecule has 2 nitrogen and oxygen atoms in total. The summed E-state index contributed by atoms with van der Waals surface area (Å²) in [6, 6.07) is 64.7. The first-order chi connectivity index (χ1) is 23.8. The van der Waals surface area contributed by atoms with Crippen molar-refractivity contribution in [1.82, 2.24) is 9.97 Å². The molecule has 0 bridgehead atoms. The average Bonchev–Trinajstić information content (AvgIpc) is 3.17. The molecule has 0 fully saturated rings. The average molecular weight is 611 g/mol. The Labute approximate surface area is 279 Å². The lowest BCUT2D eigenvalue weighted by atomic mass is 9.94. The van der Waals surface area contributed by atoms with E-state index in [1.807, 2.05) is 18.2 Å². The molecule has 0 aliphatic heterocycles. The first-order valence-corrected chi connectivity index (χ1v) is 16.3. The fourth-order valence-corrected chi connectivity index (χ4v) is 6.80. The summed E-state index contributed by atoms with van der Waals surface area (Å²) in [7, 11) is 0. The van der Waals surface area contributed by atoms with Crippen LogP contribution in [0.1, 0.15) is 0 Å². The summed E-state index contributed by atoms with van der Waals surface area (Å²) in [6.45, 7) is 0. The Morgan fingerprint density at radius 1 is 0.292 bits per heavy atom. The predicted octanol–water partition coefficient (Wildman–Crippen LogP) is 12.3. The topological polar surface area (TPSA) is 25.8 Å². The smallest absolute Gasteiger partial charge is 0.160 e. The van der Waals surface area contributed by atoms with Gasteiger partial charge in [0.25, 0.3) is 0 Å². The van der Waals surface area contributed by atoms with E-state index in [2.05, 4.69) is 164 Å². The standard InChI is InChI=1S/C46H30N2/c1-2-13-33(14-3-1)46-47-43-26-25-32-12-6-7-22-42(32)44(43)45(48-46)41-21-10-20-39(30-41)37-18-8-16-35(28-37)36-17-9-19-38(29-36)40-24-23-31-11-4-5-15-34(31)27-40/h1-30H. The van der Waals surface area contributed by atoms with Crippen LogP contribution in [0.25, 0.3) is 88.5 Å². The summed E-state index contributed by atoms with van der Waals surface area (Å²) >= 11 is 0. The van der Waals surface area contributed by atoms with Gasteiger partial charge in [0.1, 0.15) is 0 Å². The maximum absolute atomic E-state index is 5.24. The molecule has 2 heteroatoms. The molecule has 0 unspecified atom stereocenters. The largest absolute Gasteiger partial charge is 0.228 e. The zero-order valence-corrected chi connectivity index (χ0v) is 26.2. The summed E-state index contributed by atoms with van der Waals surface area (Å²) in [5, 5.41) is 5.92. The molecule has 0 radical (unpaired) electrons. The summed E-state index contributed by atoms with van der Waals surface area (Å²) in [6.07, 6.45) is 0. The van der Waals surface area contributed by atoms with E-state index in [0.717, 1.165) is 50.1 Å². The second-order valence-electron chi connectivity index (χ2n) is 12.2. The van der Waals surface area contributed by atoms with Crippen molar-refractivity contribution in [2.75, 3.05) is 0 Å². The molecule has 48 heavy (non-hydrogen) atoms. The summed E-state index contributed by atoms with van der Waals surface area (Å²) < 4.78 is 0. The predicted molar refractivity (Wildman–Crippen MR) is 202 cm³/mol. The Morgan fingerprint density at radius 2 is 0.792 bits per heavy atom. The molecule has 0 spiro atoms. The fraction of sp³-hybridized carbons (Fsp3) is 0. The van der Waals surface area contributed by atoms with E-state index in [1.54, 1.807) is 0 Å². The molecule has 0 aliphatic rings. The van der Waals surface area contributed by atoms with Crippen molar-refractivity contribution in [2.24, 2.45) is 0 Å². The minimum atomic E-state index is 0.729. The van der Waals surface area contributed by atoms with Gasteiger partial charge < -0.3 is 0 Å². The second-order valence-corrected chi connectivity index (χ2v) is 12.2. The number of fused-ring (bicyclic) bond motifs is 4. The molecule has 1 aromatic heterocycles. The van der Waals surface area contributed by atoms with Gasteiger partial charge in [-0.2, -0.15) is 0 Å². The number of hydrogen-bond acceptors (Lipinski definition) is 2. The molecule has 0 amide bonds. The van der Waals surface area contributed by atoms with Crippen LogP contribution >= 0.6 is 0 Å². The summed E-state index contributed by atoms with van der Waals surface area (Å²) in [5.74, 6) is 0.729. The highest BCUT2D eigenvalue weighted by Gasteiger charge is 2.15. The summed E-state index contributed by atoms with van der Waals surface area (Å²) in [5.41, 5.74) is 11.1. The Balaban J connectivity index is 1.14. The van der Waals surface area contributed by atoms with Crippen molar-refractivity contribution in [3.05, 3.63) is 182 Å². The zero-order chi connectivity index (χ0) is 31.9. The van der Waals surface area contributed by atoms with Crippen LogP contribution in [0.3, 0.4) is 0 Å². The lowest BCUT2D eigenvalue weighted by Gasteiger charge is -2.13. The molecule has 0 saturated carbocycles. The van der Waals surface area contributed by atoms with E-state index in [9.17, 15) is 0 Å². The molecule has 0 N–H and O–H groups in total. The van der Waals surface area contributed by atoms with Crippen molar-refractivity contribution in [1.29, 1.82) is 0 Å². The quantitative estimate of drug-likeness (QED) is 0.181. The van der Waals surface area contributed by atoms with Crippen molar-refractivity contribution < 1.29 is 0 Å². The van der Waals surface area contributed by atoms with Crippen LogP contribution in [0.2, 0.25) is 0 Å². The van der Waals surface area contributed by atoms with Crippen LogP contribution in [0.4, 0.5) is 0 Å². The minimum absolute atomic E-state index is 0.729. The van der Waals surface area contributed by atoms with Crippen LogP contribution in [-0.4, -0.2) is 9.97 Å². The molecular weight excluding hydrogens is 581 g/mol. The van der Waals surface area contributed by atoms with Crippen LogP contribution in [0.15, 0.2) is 182 Å². The lowest BCUT2D eigenvalue weighted by Crippen LogP contribution is -1.96. The van der Waals surface area contributed by atoms with Gasteiger partial charge in [-0.1, -0.05) is 152 Å². The Bertz CT molecular complexity index is 2620. The van der Waals surface area contributed by atoms with Gasteiger partial charge in [-0.15, -0.1) is 0 Å². The first kappa shape index (κ1) is 27.9. The van der Waals surface area contributed by atoms with Crippen LogP contribution in [0.5, 0.6) is 0 Å². The number of aromatic nitrogens is 2. The Kier molecular flexibility index (Phi) is 6.84. The molecule has 1 heterocycles. The van der Waals surface area contributed by atoms with Crippen molar-refractivity contribution in [2.45, 2.75) is 0 Å². The number of hydrogen-bond donors (Lipinski definition) is 0. The third-order valence-corrected chi connectivity index (χ3v) is 9.23. The summed E-state index contributed by atoms with van der Waals surface area (Å²) in [4.78, 5) is 10.3. The van der Waals surface area contributed by atoms with E-state index in [1.165, 1.54) is 38.4 Å². The van der Waals surface area contributed by atoms with E-state index < -0.39 is 0 Å². The van der Waals surface area contributed by atoms with Crippen molar-refractivity contribution >= 4 is 32.4 Å². The fourth-order valence-electron chi connectivity index (χ4n) is 6.80. The third kappa shape index (κ3) is 5.10. The van der Waals surface area contributed by atoms with Gasteiger partial charge in [0, 0.05) is 16.5 Å². The van der Waals surface area contributed by atoms with Crippen LogP contribution in [-0.2, 0) is 0 Å². The monoisotopic (exact) mass is 610 g/mol. The second kappa shape index (κ2) is 11.8. The van der Waals surface area contributed by atoms with Gasteiger partial charge in [0.15, 0.2) is 5.82 Å². The molecule has 0 atom stereocenters. The minimum Gasteiger partial charge on any atom is -0.228 e. The van der Waals surface area contributed by atoms with Gasteiger partial charge in [0.2, 0.25) is 0 Å². The van der Waals surface area contributed by atoms with E-state index in [4.69, 9.17) is 9.97 Å². The molecule has 9 aromatic rings. The lowest BCUT2D eigenvalue weighted by molar-refractivity contribution is 1.23. The SMILES string of the molecule is c1ccc(-c2nc(-c3cccc(-c4cccc(-c5cccc(-c6ccc7ccccc7c6)c5)c4)c3)c3c(ccc4ccccc43)n2)cc1. The number of benzene rings is 8. The molecule has 9 rings (SSSR count). The van der Waals surface area contributed by atoms with Crippen molar-refractivity contribution in [3.8, 4) is 56.0 Å². The molecule has 224 valence electrons. The van der Waals surface area contributed by atoms with E-state index >= 15 is 0 Å². The number of rotatable bonds is 5. The Hall–Kier alpha value is -6.38. The van der Waals surface area contributed by atoms with Crippen LogP contribution in [0, 0.1) is 0 Å². The van der Waals surface area contributed by atoms with Gasteiger partial charge in [-0.05, 0) is 85.3 Å². The first-order valence-electron chi connectivity index (χ1n) is 16.3. The zero-order valence-electron chi connectivity index (χ0n) is 26.2. The molecular formula is C46H30N2. The van der Waals surface area contributed by atoms with Gasteiger partial charge in [-0.3, -0.25) is 0 Å². The molecule has 0 saturated heterocycles.